The summed E-state index contributed by atoms with van der Waals surface area (Å²) in [6, 6.07) is 7.76. The van der Waals surface area contributed by atoms with Crippen molar-refractivity contribution in [2.24, 2.45) is 11.8 Å². The average molecular weight is 727 g/mol. The highest BCUT2D eigenvalue weighted by molar-refractivity contribution is 5.86. The number of carbonyl (C=O) groups excluding carboxylic acids is 3. The van der Waals surface area contributed by atoms with Crippen LogP contribution in [-0.4, -0.2) is 98.9 Å². The van der Waals surface area contributed by atoms with Gasteiger partial charge in [-0.2, -0.15) is 0 Å². The van der Waals surface area contributed by atoms with E-state index >= 15 is 0 Å². The molecule has 0 bridgehead atoms. The first-order valence-electron chi connectivity index (χ1n) is 19.3. The molecule has 1 aromatic carbocycles. The summed E-state index contributed by atoms with van der Waals surface area (Å²) >= 11 is 0. The van der Waals surface area contributed by atoms with Crippen molar-refractivity contribution in [3.05, 3.63) is 65.6 Å². The predicted molar refractivity (Wildman–Crippen MR) is 206 cm³/mol. The standard InChI is InChI=1S/C41H58N8O4/c1-25(2)34(46-40(52)53-8)38(50)48-21-9-11-32(48)36-42-23-30(44-36)27-13-15-29(16-14-27)41(5)19-17-28(18-20-41)31-24-43-37(45-31)33-12-10-22-49(33)39(51)35(26(3)4)47(6)7/h13-17,23-26,32-35H,9-12,18-22H2,1-8H3,(H,42,44)(H,43,45)(H,46,52)/t32-,33-,34-,35+,41?/m0/s1. The van der Waals surface area contributed by atoms with Crippen molar-refractivity contribution in [3.8, 4) is 11.3 Å². The van der Waals surface area contributed by atoms with E-state index in [1.54, 1.807) is 0 Å². The fourth-order valence-electron chi connectivity index (χ4n) is 8.62. The second-order valence-electron chi connectivity index (χ2n) is 16.3. The van der Waals surface area contributed by atoms with Crippen LogP contribution in [0.5, 0.6) is 0 Å². The van der Waals surface area contributed by atoms with Gasteiger partial charge in [-0.3, -0.25) is 14.5 Å². The Hall–Kier alpha value is -4.45. The van der Waals surface area contributed by atoms with Gasteiger partial charge in [0.15, 0.2) is 0 Å². The first-order valence-corrected chi connectivity index (χ1v) is 19.3. The van der Waals surface area contributed by atoms with E-state index in [0.717, 1.165) is 80.1 Å². The van der Waals surface area contributed by atoms with Crippen LogP contribution in [0.3, 0.4) is 0 Å². The van der Waals surface area contributed by atoms with Crippen LogP contribution in [0.4, 0.5) is 4.79 Å². The van der Waals surface area contributed by atoms with E-state index in [9.17, 15) is 14.4 Å². The van der Waals surface area contributed by atoms with Gasteiger partial charge in [0.2, 0.25) is 11.8 Å². The molecule has 3 amide bonds. The van der Waals surface area contributed by atoms with E-state index in [0.29, 0.717) is 6.54 Å². The Morgan fingerprint density at radius 1 is 0.887 bits per heavy atom. The molecule has 1 unspecified atom stereocenters. The van der Waals surface area contributed by atoms with Crippen LogP contribution in [0.25, 0.3) is 16.8 Å². The number of nitrogens with zero attached hydrogens (tertiary/aromatic N) is 5. The lowest BCUT2D eigenvalue weighted by atomic mass is 9.71. The number of aromatic amines is 2. The lowest BCUT2D eigenvalue weighted by molar-refractivity contribution is -0.138. The largest absolute Gasteiger partial charge is 0.453 e. The number of imidazole rings is 2. The number of methoxy groups -OCH3 is 1. The number of likely N-dealkylation sites (tertiary alicyclic amines) is 2. The van der Waals surface area contributed by atoms with Gasteiger partial charge in [0.25, 0.3) is 0 Å². The molecular formula is C41H58N8O4. The third-order valence-electron chi connectivity index (χ3n) is 11.7. The van der Waals surface area contributed by atoms with Gasteiger partial charge in [-0.25, -0.2) is 14.8 Å². The lowest BCUT2D eigenvalue weighted by Gasteiger charge is -2.34. The topological polar surface area (TPSA) is 140 Å². The van der Waals surface area contributed by atoms with Gasteiger partial charge in [-0.05, 0) is 93.0 Å². The molecule has 2 aliphatic heterocycles. The number of nitrogens with one attached hydrogen (secondary N) is 3. The molecule has 12 nitrogen and oxygen atoms in total. The minimum Gasteiger partial charge on any atom is -0.453 e. The second kappa shape index (κ2) is 15.9. The predicted octanol–water partition coefficient (Wildman–Crippen LogP) is 6.62. The maximum absolute atomic E-state index is 13.6. The molecule has 286 valence electrons. The summed E-state index contributed by atoms with van der Waals surface area (Å²) in [6.45, 7) is 11.8. The van der Waals surface area contributed by atoms with Crippen molar-refractivity contribution in [1.82, 2.24) is 40.0 Å². The van der Waals surface area contributed by atoms with Gasteiger partial charge in [-0.1, -0.05) is 65.0 Å². The summed E-state index contributed by atoms with van der Waals surface area (Å²) in [6.07, 6.45) is 12.0. The summed E-state index contributed by atoms with van der Waals surface area (Å²) in [7, 11) is 5.27. The molecule has 2 aromatic heterocycles. The van der Waals surface area contributed by atoms with E-state index in [2.05, 4.69) is 66.4 Å². The van der Waals surface area contributed by atoms with Crippen LogP contribution < -0.4 is 5.32 Å². The number of benzene rings is 1. The number of aromatic nitrogens is 4. The minimum absolute atomic E-state index is 0.00658. The van der Waals surface area contributed by atoms with Crippen LogP contribution in [0.2, 0.25) is 0 Å². The van der Waals surface area contributed by atoms with Crippen molar-refractivity contribution < 1.29 is 19.1 Å². The Kier molecular flexibility index (Phi) is 11.5. The monoisotopic (exact) mass is 726 g/mol. The Morgan fingerprint density at radius 2 is 1.47 bits per heavy atom. The quantitative estimate of drug-likeness (QED) is 0.202. The average Bonchev–Trinajstić information content (AvgIpc) is 3.97. The van der Waals surface area contributed by atoms with Crippen LogP contribution in [0, 0.1) is 11.8 Å². The molecular weight excluding hydrogens is 669 g/mol. The van der Waals surface area contributed by atoms with Crippen LogP contribution >= 0.6 is 0 Å². The fraction of sp³-hybridized carbons (Fsp3) is 0.585. The summed E-state index contributed by atoms with van der Waals surface area (Å²) in [4.78, 5) is 61.6. The Bertz CT molecular complexity index is 1780. The van der Waals surface area contributed by atoms with Crippen molar-refractivity contribution in [2.45, 2.75) is 109 Å². The molecule has 3 aliphatic rings. The number of amides is 3. The number of likely N-dealkylation sites (N-methyl/N-ethyl adjacent to an activating group) is 1. The van der Waals surface area contributed by atoms with Gasteiger partial charge < -0.3 is 29.8 Å². The highest BCUT2D eigenvalue weighted by Crippen LogP contribution is 2.42. The van der Waals surface area contributed by atoms with Gasteiger partial charge in [0.05, 0.1) is 49.0 Å². The lowest BCUT2D eigenvalue weighted by Crippen LogP contribution is -2.51. The molecule has 2 fully saturated rings. The van der Waals surface area contributed by atoms with Gasteiger partial charge in [0, 0.05) is 13.1 Å². The number of hydrogen-bond donors (Lipinski definition) is 3. The van der Waals surface area contributed by atoms with Gasteiger partial charge in [-0.15, -0.1) is 0 Å². The Balaban J connectivity index is 1.10. The molecule has 2 saturated heterocycles. The molecule has 3 N–H and O–H groups in total. The number of H-pyrrole nitrogens is 2. The number of hydrogen-bond acceptors (Lipinski definition) is 7. The van der Waals surface area contributed by atoms with Crippen molar-refractivity contribution in [2.75, 3.05) is 34.3 Å². The van der Waals surface area contributed by atoms with Gasteiger partial charge in [0.1, 0.15) is 17.7 Å². The fourth-order valence-corrected chi connectivity index (χ4v) is 8.62. The number of alkyl carbamates (subject to hydrolysis) is 1. The summed E-state index contributed by atoms with van der Waals surface area (Å²) in [5.41, 5.74) is 5.60. The molecule has 6 rings (SSSR count). The molecule has 0 spiro atoms. The highest BCUT2D eigenvalue weighted by atomic mass is 16.5. The molecule has 53 heavy (non-hydrogen) atoms. The first-order chi connectivity index (χ1) is 25.3. The van der Waals surface area contributed by atoms with E-state index in [1.807, 2.05) is 55.0 Å². The number of carbonyl (C=O) groups is 3. The second-order valence-corrected chi connectivity index (χ2v) is 16.3. The molecule has 1 aliphatic carbocycles. The number of ether oxygens (including phenoxy) is 1. The van der Waals surface area contributed by atoms with Crippen molar-refractivity contribution in [1.29, 1.82) is 0 Å². The van der Waals surface area contributed by atoms with E-state index in [1.165, 1.54) is 18.2 Å². The minimum atomic E-state index is -0.667. The zero-order valence-corrected chi connectivity index (χ0v) is 32.7. The van der Waals surface area contributed by atoms with Gasteiger partial charge >= 0.3 is 6.09 Å². The molecule has 3 aromatic rings. The Morgan fingerprint density at radius 3 is 2.00 bits per heavy atom. The third kappa shape index (κ3) is 7.93. The number of rotatable bonds is 11. The highest BCUT2D eigenvalue weighted by Gasteiger charge is 2.39. The Labute approximate surface area is 314 Å². The molecule has 5 atom stereocenters. The van der Waals surface area contributed by atoms with E-state index in [-0.39, 0.29) is 47.2 Å². The van der Waals surface area contributed by atoms with Crippen LogP contribution in [-0.2, 0) is 19.7 Å². The van der Waals surface area contributed by atoms with Crippen LogP contribution in [0.15, 0.2) is 42.7 Å². The smallest absolute Gasteiger partial charge is 0.407 e. The molecule has 4 heterocycles. The first kappa shape index (κ1) is 38.3. The summed E-state index contributed by atoms with van der Waals surface area (Å²) < 4.78 is 4.77. The zero-order chi connectivity index (χ0) is 38.0. The summed E-state index contributed by atoms with van der Waals surface area (Å²) in [5, 5.41) is 2.71. The van der Waals surface area contributed by atoms with E-state index in [4.69, 9.17) is 14.7 Å². The van der Waals surface area contributed by atoms with Crippen molar-refractivity contribution >= 4 is 23.5 Å². The summed E-state index contributed by atoms with van der Waals surface area (Å²) in [5.74, 6) is 1.87. The zero-order valence-electron chi connectivity index (χ0n) is 32.7. The normalized spacial score (nSPS) is 23.1. The SMILES string of the molecule is COC(=O)N[C@H](C(=O)N1CCC[C@H]1c1ncc(-c2ccc(C3(C)CC=C(c4cnc([C@@H]5CCCN5C(=O)[C@@H](C(C)C)N(C)C)[nH]4)CC3)cc2)[nH]1)C(C)C. The van der Waals surface area contributed by atoms with E-state index < -0.39 is 12.1 Å². The molecule has 0 saturated carbocycles. The maximum atomic E-state index is 13.6. The number of allylic oxidation sites excluding steroid dienone is 2. The molecule has 12 heteroatoms. The van der Waals surface area contributed by atoms with Crippen LogP contribution in [0.1, 0.15) is 115 Å². The van der Waals surface area contributed by atoms with Crippen molar-refractivity contribution in [3.63, 3.8) is 0 Å². The maximum Gasteiger partial charge on any atom is 0.407 e. The molecule has 0 radical (unpaired) electrons. The third-order valence-corrected chi connectivity index (χ3v) is 11.7.